The van der Waals surface area contributed by atoms with Gasteiger partial charge in [0, 0.05) is 18.4 Å². The van der Waals surface area contributed by atoms with Crippen LogP contribution in [0.3, 0.4) is 0 Å². The molecule has 6 heteroatoms. The molecule has 1 N–H and O–H groups in total. The molecule has 1 amide bonds. The Kier molecular flexibility index (Phi) is 4.14. The molecule has 0 fully saturated rings. The number of carbonyl (C=O) groups is 1. The van der Waals surface area contributed by atoms with Crippen molar-refractivity contribution in [2.75, 3.05) is 0 Å². The van der Waals surface area contributed by atoms with Gasteiger partial charge in [-0.25, -0.2) is 4.98 Å². The quantitative estimate of drug-likeness (QED) is 0.787. The second kappa shape index (κ2) is 6.24. The Morgan fingerprint density at radius 2 is 2.13 bits per heavy atom. The highest BCUT2D eigenvalue weighted by Crippen LogP contribution is 2.12. The van der Waals surface area contributed by atoms with E-state index in [4.69, 9.17) is 0 Å². The Bertz CT molecular complexity index is 846. The minimum absolute atomic E-state index is 0.104. The maximum absolute atomic E-state index is 12.4. The van der Waals surface area contributed by atoms with E-state index in [9.17, 15) is 4.79 Å². The van der Waals surface area contributed by atoms with Crippen molar-refractivity contribution < 1.29 is 4.79 Å². The Balaban J connectivity index is 1.75. The van der Waals surface area contributed by atoms with Crippen LogP contribution in [0.25, 0.3) is 5.65 Å². The summed E-state index contributed by atoms with van der Waals surface area (Å²) in [5, 5.41) is 7.23. The summed E-state index contributed by atoms with van der Waals surface area (Å²) in [5.41, 5.74) is 4.52. The van der Waals surface area contributed by atoms with Crippen LogP contribution in [0.1, 0.15) is 40.7 Å². The van der Waals surface area contributed by atoms with Gasteiger partial charge in [0.2, 0.25) is 0 Å². The number of nitrogens with one attached hydrogen (secondary N) is 1. The highest BCUT2D eigenvalue weighted by Gasteiger charge is 2.14. The second-order valence-corrected chi connectivity index (χ2v) is 5.68. The maximum Gasteiger partial charge on any atom is 0.255 e. The predicted octanol–water partition coefficient (Wildman–Crippen LogP) is 2.49. The first-order valence-corrected chi connectivity index (χ1v) is 7.84. The molecule has 0 aliphatic heterocycles. The number of pyridine rings is 1. The lowest BCUT2D eigenvalue weighted by atomic mass is 10.2. The highest BCUT2D eigenvalue weighted by atomic mass is 16.1. The van der Waals surface area contributed by atoms with Gasteiger partial charge < -0.3 is 9.72 Å². The Morgan fingerprint density at radius 3 is 2.91 bits per heavy atom. The normalized spacial score (nSPS) is 11.1. The number of hydrogen-bond donors (Lipinski definition) is 1. The molecule has 23 heavy (non-hydrogen) atoms. The van der Waals surface area contributed by atoms with Crippen molar-refractivity contribution in [3.8, 4) is 0 Å². The van der Waals surface area contributed by atoms with Gasteiger partial charge >= 0.3 is 0 Å². The van der Waals surface area contributed by atoms with Crippen LogP contribution in [0.5, 0.6) is 0 Å². The molecular formula is C17H21N5O. The molecule has 0 radical (unpaired) electrons. The van der Waals surface area contributed by atoms with Crippen molar-refractivity contribution in [3.05, 3.63) is 53.2 Å². The van der Waals surface area contributed by atoms with E-state index in [2.05, 4.69) is 22.3 Å². The average Bonchev–Trinajstić information content (AvgIpc) is 3.11. The van der Waals surface area contributed by atoms with Gasteiger partial charge in [0.1, 0.15) is 5.65 Å². The summed E-state index contributed by atoms with van der Waals surface area (Å²) < 4.78 is 3.87. The number of fused-ring (bicyclic) bond motifs is 1. The van der Waals surface area contributed by atoms with Crippen molar-refractivity contribution in [2.45, 2.75) is 40.3 Å². The summed E-state index contributed by atoms with van der Waals surface area (Å²) in [5.74, 6) is -0.104. The van der Waals surface area contributed by atoms with Crippen LogP contribution in [0, 0.1) is 13.8 Å². The molecule has 3 rings (SSSR count). The first-order valence-electron chi connectivity index (χ1n) is 7.84. The van der Waals surface area contributed by atoms with Gasteiger partial charge in [-0.1, -0.05) is 13.0 Å². The lowest BCUT2D eigenvalue weighted by Gasteiger charge is -2.06. The van der Waals surface area contributed by atoms with Gasteiger partial charge in [0.25, 0.3) is 5.91 Å². The zero-order valence-electron chi connectivity index (χ0n) is 13.7. The van der Waals surface area contributed by atoms with Gasteiger partial charge in [-0.05, 0) is 31.9 Å². The van der Waals surface area contributed by atoms with E-state index in [0.717, 1.165) is 35.6 Å². The number of imidazole rings is 1. The third kappa shape index (κ3) is 2.84. The highest BCUT2D eigenvalue weighted by molar-refractivity contribution is 5.94. The average molecular weight is 311 g/mol. The maximum atomic E-state index is 12.4. The number of aromatic nitrogens is 4. The molecule has 0 saturated carbocycles. The summed E-state index contributed by atoms with van der Waals surface area (Å²) in [6.07, 6.45) is 6.39. The summed E-state index contributed by atoms with van der Waals surface area (Å²) in [6.45, 7) is 7.30. The molecular weight excluding hydrogens is 290 g/mol. The van der Waals surface area contributed by atoms with Crippen LogP contribution in [-0.2, 0) is 13.1 Å². The zero-order chi connectivity index (χ0) is 16.4. The zero-order valence-corrected chi connectivity index (χ0v) is 13.7. The van der Waals surface area contributed by atoms with Crippen molar-refractivity contribution in [1.82, 2.24) is 24.5 Å². The van der Waals surface area contributed by atoms with Crippen LogP contribution in [-0.4, -0.2) is 25.1 Å². The first-order chi connectivity index (χ1) is 11.1. The third-order valence-corrected chi connectivity index (χ3v) is 4.02. The van der Waals surface area contributed by atoms with Crippen molar-refractivity contribution in [1.29, 1.82) is 0 Å². The van der Waals surface area contributed by atoms with Crippen LogP contribution in [0.2, 0.25) is 0 Å². The van der Waals surface area contributed by atoms with E-state index in [1.807, 2.05) is 41.3 Å². The molecule has 0 aromatic carbocycles. The van der Waals surface area contributed by atoms with E-state index in [-0.39, 0.29) is 5.91 Å². The van der Waals surface area contributed by atoms with Gasteiger partial charge in [-0.15, -0.1) is 0 Å². The largest absolute Gasteiger partial charge is 0.346 e. The molecule has 0 saturated heterocycles. The van der Waals surface area contributed by atoms with E-state index in [0.29, 0.717) is 12.1 Å². The number of aryl methyl sites for hydroxylation is 2. The number of nitrogens with zero attached hydrogens (tertiary/aromatic N) is 4. The van der Waals surface area contributed by atoms with E-state index < -0.39 is 0 Å². The van der Waals surface area contributed by atoms with Crippen molar-refractivity contribution in [3.63, 3.8) is 0 Å². The molecule has 0 bridgehead atoms. The minimum atomic E-state index is -0.104. The van der Waals surface area contributed by atoms with Crippen LogP contribution in [0.15, 0.2) is 30.7 Å². The smallest absolute Gasteiger partial charge is 0.255 e. The molecule has 0 aliphatic rings. The van der Waals surface area contributed by atoms with Gasteiger partial charge in [0.15, 0.2) is 0 Å². The standard InChI is InChI=1S/C17H21N5O/c1-4-7-22-13(3)15(11-20-22)17(23)19-10-14-9-18-16-12(2)6-5-8-21(14)16/h5-6,8-9,11H,4,7,10H2,1-3H3,(H,19,23). The predicted molar refractivity (Wildman–Crippen MR) is 88.4 cm³/mol. The molecule has 0 atom stereocenters. The molecule has 120 valence electrons. The van der Waals surface area contributed by atoms with E-state index in [1.165, 1.54) is 0 Å². The van der Waals surface area contributed by atoms with Crippen LogP contribution >= 0.6 is 0 Å². The fourth-order valence-corrected chi connectivity index (χ4v) is 2.71. The van der Waals surface area contributed by atoms with Crippen LogP contribution < -0.4 is 5.32 Å². The summed E-state index contributed by atoms with van der Waals surface area (Å²) in [4.78, 5) is 16.8. The lowest BCUT2D eigenvalue weighted by molar-refractivity contribution is 0.0949. The lowest BCUT2D eigenvalue weighted by Crippen LogP contribution is -2.24. The second-order valence-electron chi connectivity index (χ2n) is 5.68. The Hall–Kier alpha value is -2.63. The molecule has 0 spiro atoms. The topological polar surface area (TPSA) is 64.2 Å². The Morgan fingerprint density at radius 1 is 1.30 bits per heavy atom. The molecule has 0 unspecified atom stereocenters. The fourth-order valence-electron chi connectivity index (χ4n) is 2.71. The number of hydrogen-bond acceptors (Lipinski definition) is 3. The molecule has 0 aliphatic carbocycles. The van der Waals surface area contributed by atoms with Gasteiger partial charge in [-0.2, -0.15) is 5.10 Å². The third-order valence-electron chi connectivity index (χ3n) is 4.02. The summed E-state index contributed by atoms with van der Waals surface area (Å²) >= 11 is 0. The fraction of sp³-hybridized carbons (Fsp3) is 0.353. The number of rotatable bonds is 5. The first kappa shape index (κ1) is 15.3. The van der Waals surface area contributed by atoms with E-state index in [1.54, 1.807) is 12.4 Å². The minimum Gasteiger partial charge on any atom is -0.346 e. The van der Waals surface area contributed by atoms with E-state index >= 15 is 0 Å². The van der Waals surface area contributed by atoms with Crippen LogP contribution in [0.4, 0.5) is 0 Å². The SMILES string of the molecule is CCCn1ncc(C(=O)NCc2cnc3c(C)cccn23)c1C. The summed E-state index contributed by atoms with van der Waals surface area (Å²) in [6, 6.07) is 4.00. The summed E-state index contributed by atoms with van der Waals surface area (Å²) in [7, 11) is 0. The Labute approximate surface area is 135 Å². The van der Waals surface area contributed by atoms with Crippen molar-refractivity contribution in [2.24, 2.45) is 0 Å². The number of carbonyl (C=O) groups excluding carboxylic acids is 1. The van der Waals surface area contributed by atoms with Gasteiger partial charge in [-0.3, -0.25) is 9.48 Å². The number of amides is 1. The molecule has 3 heterocycles. The van der Waals surface area contributed by atoms with Gasteiger partial charge in [0.05, 0.1) is 30.2 Å². The van der Waals surface area contributed by atoms with Crippen molar-refractivity contribution >= 4 is 11.6 Å². The molecule has 3 aromatic rings. The molecule has 6 nitrogen and oxygen atoms in total. The molecule has 3 aromatic heterocycles. The monoisotopic (exact) mass is 311 g/mol.